The Labute approximate surface area is 686 Å². The molecule has 114 heavy (non-hydrogen) atoms. The van der Waals surface area contributed by atoms with Gasteiger partial charge >= 0.3 is 24.3 Å². The van der Waals surface area contributed by atoms with E-state index in [4.69, 9.17) is 43.6 Å². The number of nitrogens with one attached hydrogen (secondary N) is 2. The number of methoxy groups -OCH3 is 2. The van der Waals surface area contributed by atoms with Crippen molar-refractivity contribution >= 4 is 88.7 Å². The molecule has 8 aliphatic rings. The number of benzene rings is 2. The van der Waals surface area contributed by atoms with Crippen LogP contribution in [-0.4, -0.2) is 168 Å². The van der Waals surface area contributed by atoms with Gasteiger partial charge in [0.15, 0.2) is 11.6 Å². The Hall–Kier alpha value is -8.42. The van der Waals surface area contributed by atoms with Gasteiger partial charge in [-0.15, -0.1) is 0 Å². The van der Waals surface area contributed by atoms with Gasteiger partial charge in [-0.2, -0.15) is 26.3 Å². The maximum absolute atomic E-state index is 15.0. The summed E-state index contributed by atoms with van der Waals surface area (Å²) in [6, 6.07) is 9.71. The van der Waals surface area contributed by atoms with Crippen LogP contribution >= 0.6 is 0 Å². The Morgan fingerprint density at radius 2 is 0.912 bits per heavy atom. The molecule has 2 aromatic heterocycles. The van der Waals surface area contributed by atoms with E-state index in [2.05, 4.69) is 28.9 Å². The number of esters is 2. The number of aromatic nitrogens is 2. The van der Waals surface area contributed by atoms with Crippen LogP contribution in [-0.2, 0) is 67.9 Å². The van der Waals surface area contributed by atoms with Gasteiger partial charge in [-0.1, -0.05) is 88.4 Å². The monoisotopic (exact) mass is 1660 g/mol. The quantitative estimate of drug-likeness (QED) is 0.0531. The number of carbonyl (C=O) groups excluding carboxylic acids is 8. The van der Waals surface area contributed by atoms with Crippen molar-refractivity contribution in [3.05, 3.63) is 85.2 Å². The highest BCUT2D eigenvalue weighted by Crippen LogP contribution is 2.60. The van der Waals surface area contributed by atoms with E-state index in [1.54, 1.807) is 72.8 Å². The standard InChI is InChI=1S/2C41H52F3N3O9S/c2*1-24-11-7-8-12-26-20-40(26,37(51)46-57(52,53)39(5)15-16-39)21-32(48)31-18-27(55-35-29-14-10-9-13-28(29)33(54-6)22-45-35)23-47(31)36(50)30(25(2)17-24)19-34(49)56-38(3,4)41(42,43)44/h2*8-10,12-14,22,24-27,30-31H,7,11,15-21,23H2,1-6H3,(H,46,51)/b2*12-8-/t24-,25+,26+,27+,30-,31-,40+;24-,25-,26-,27-,30+,31+,40-/m01/s1/i2*3D3,4D3,6D3. The first-order valence-corrected chi connectivity index (χ1v) is 40.7. The summed E-state index contributed by atoms with van der Waals surface area (Å²) >= 11 is 0. The van der Waals surface area contributed by atoms with Crippen LogP contribution in [0.5, 0.6) is 23.3 Å². The minimum absolute atomic E-state index is 0.0710. The summed E-state index contributed by atoms with van der Waals surface area (Å²) in [5.41, 5.74) is -13.0. The highest BCUT2D eigenvalue weighted by molar-refractivity contribution is 7.92. The molecule has 0 unspecified atom stereocenters. The minimum atomic E-state index is -6.14. The normalized spacial score (nSPS) is 32.9. The second-order valence-electron chi connectivity index (χ2n) is 32.7. The number of Topliss-reactive ketones (excluding diaryl/α,β-unsaturated/α-hetero) is 2. The van der Waals surface area contributed by atoms with Crippen molar-refractivity contribution in [1.29, 1.82) is 0 Å². The first-order chi connectivity index (χ1) is 60.5. The largest absolute Gasteiger partial charge is 0.494 e. The van der Waals surface area contributed by atoms with Crippen molar-refractivity contribution < 1.29 is 135 Å². The Bertz CT molecular complexity index is 5000. The van der Waals surface area contributed by atoms with E-state index in [1.165, 1.54) is 27.7 Å². The fourth-order valence-electron chi connectivity index (χ4n) is 16.0. The second-order valence-corrected chi connectivity index (χ2v) is 37.1. The molecule has 12 rings (SSSR count). The van der Waals surface area contributed by atoms with E-state index < -0.39 is 251 Å². The number of ether oxygens (including phenoxy) is 6. The van der Waals surface area contributed by atoms with Crippen LogP contribution in [0.1, 0.15) is 209 Å². The third-order valence-corrected chi connectivity index (χ3v) is 28.2. The maximum Gasteiger partial charge on any atom is 0.427 e. The summed E-state index contributed by atoms with van der Waals surface area (Å²) < 4.78 is 311. The number of nitrogens with zero attached hydrogens (tertiary/aromatic N) is 4. The molecule has 6 heterocycles. The molecule has 2 N–H and O–H groups in total. The number of hydrogen-bond donors (Lipinski definition) is 2. The van der Waals surface area contributed by atoms with Gasteiger partial charge < -0.3 is 38.2 Å². The zero-order chi connectivity index (χ0) is 98.4. The lowest BCUT2D eigenvalue weighted by molar-refractivity contribution is -0.257. The van der Waals surface area contributed by atoms with Crippen molar-refractivity contribution in [2.45, 2.75) is 242 Å². The lowest BCUT2D eigenvalue weighted by atomic mass is 9.82. The zero-order valence-corrected chi connectivity index (χ0v) is 65.0. The molecule has 14 atom stereocenters. The molecular formula is C82H104F6N6O18S2. The predicted molar refractivity (Wildman–Crippen MR) is 407 cm³/mol. The molecule has 624 valence electrons. The topological polar surface area (TPSA) is 317 Å². The summed E-state index contributed by atoms with van der Waals surface area (Å²) in [7, 11) is -14.0. The smallest absolute Gasteiger partial charge is 0.427 e. The van der Waals surface area contributed by atoms with Gasteiger partial charge in [0.25, 0.3) is 0 Å². The van der Waals surface area contributed by atoms with Crippen molar-refractivity contribution in [1.82, 2.24) is 29.2 Å². The summed E-state index contributed by atoms with van der Waals surface area (Å²) in [5.74, 6) is -16.0. The Morgan fingerprint density at radius 1 is 0.553 bits per heavy atom. The van der Waals surface area contributed by atoms with Gasteiger partial charge in [-0.3, -0.25) is 47.8 Å². The van der Waals surface area contributed by atoms with Crippen LogP contribution < -0.4 is 28.4 Å². The minimum Gasteiger partial charge on any atom is -0.494 e. The van der Waals surface area contributed by atoms with Crippen LogP contribution in [0.3, 0.4) is 0 Å². The molecule has 2 aromatic carbocycles. The molecule has 4 aliphatic heterocycles. The van der Waals surface area contributed by atoms with Gasteiger partial charge in [0.1, 0.15) is 23.7 Å². The number of alkyl halides is 6. The predicted octanol–water partition coefficient (Wildman–Crippen LogP) is 12.9. The van der Waals surface area contributed by atoms with Gasteiger partial charge in [0.2, 0.25) is 66.6 Å². The number of halogens is 6. The van der Waals surface area contributed by atoms with E-state index >= 15 is 9.59 Å². The van der Waals surface area contributed by atoms with Crippen LogP contribution in [0.2, 0.25) is 0 Å². The average molecular weight is 1660 g/mol. The third-order valence-electron chi connectivity index (χ3n) is 23.9. The number of sulfonamides is 2. The number of allylic oxidation sites excluding steroid dienone is 4. The van der Waals surface area contributed by atoms with Gasteiger partial charge in [-0.25, -0.2) is 26.8 Å². The summed E-state index contributed by atoms with van der Waals surface area (Å²) in [5, 5.41) is 1.10. The lowest BCUT2D eigenvalue weighted by Crippen LogP contribution is -2.48. The number of hydrogen-bond acceptors (Lipinski definition) is 20. The molecule has 4 aromatic rings. The molecule has 2 saturated heterocycles. The SMILES string of the molecule is [2H]C([2H])([2H])Oc1cnc(O[C@@H]2C[C@H]3C(=O)C[C@]4(C(=O)NS(=O)(=O)C5(C)CC5)C[C@H]4/C=C\CC[C@@H](C)C[C@@H](C)[C@H](CC(=O)OC(C([2H])([2H])[2H])(C([2H])([2H])[2H])C(F)(F)F)C(=O)N3C2)c2ccccc12.[2H]C([2H])([2H])Oc1cnc(O[C@@H]2C[C@H]3C(=O)C[C@]4(C(=O)NS(=O)(=O)C5(C)CC5)C[C@H]4/C=C\CC[C@H](C)C[C@@H](C)[C@H](CC(=O)OC(C([2H])([2H])[2H])(C([2H])([2H])[2H])C(F)(F)F)C(=O)N3C2)c2ccccc12. The number of amides is 4. The number of carbonyl (C=O) groups is 8. The van der Waals surface area contributed by atoms with Crippen molar-refractivity contribution in [3.8, 4) is 23.3 Å². The van der Waals surface area contributed by atoms with Crippen molar-refractivity contribution in [3.63, 3.8) is 0 Å². The van der Waals surface area contributed by atoms with E-state index in [0.717, 1.165) is 22.2 Å². The summed E-state index contributed by atoms with van der Waals surface area (Å²) in [4.78, 5) is 126. The fraction of sp³-hybridized carbons (Fsp3) is 0.634. The number of fused-ring (bicyclic) bond motifs is 6. The van der Waals surface area contributed by atoms with E-state index in [1.807, 2.05) is 13.8 Å². The third kappa shape index (κ3) is 18.4. The highest BCUT2D eigenvalue weighted by atomic mass is 32.2. The Kier molecular flexibility index (Phi) is 18.5. The molecule has 4 aliphatic carbocycles. The summed E-state index contributed by atoms with van der Waals surface area (Å²) in [6.07, 6.45) is -5.73. The lowest BCUT2D eigenvalue weighted by Gasteiger charge is -2.33. The fourth-order valence-corrected chi connectivity index (χ4v) is 18.7. The van der Waals surface area contributed by atoms with Crippen LogP contribution in [0.25, 0.3) is 21.5 Å². The molecule has 4 amide bonds. The summed E-state index contributed by atoms with van der Waals surface area (Å²) in [6.45, 7) is -8.96. The molecule has 32 heteroatoms. The molecule has 4 saturated carbocycles. The first-order valence-electron chi connectivity index (χ1n) is 46.7. The highest BCUT2D eigenvalue weighted by Gasteiger charge is 2.65. The van der Waals surface area contributed by atoms with E-state index in [0.29, 0.717) is 51.4 Å². The number of rotatable bonds is 18. The maximum atomic E-state index is 15.0. The number of ketones is 2. The van der Waals surface area contributed by atoms with Gasteiger partial charge in [0.05, 0.1) is 105 Å². The van der Waals surface area contributed by atoms with Gasteiger partial charge in [0, 0.05) is 63.7 Å². The molecule has 6 fully saturated rings. The zero-order valence-electron chi connectivity index (χ0n) is 81.4. The van der Waals surface area contributed by atoms with Crippen molar-refractivity contribution in [2.24, 2.45) is 58.2 Å². The van der Waals surface area contributed by atoms with Crippen molar-refractivity contribution in [2.75, 3.05) is 27.2 Å². The molecule has 0 bridgehead atoms. The van der Waals surface area contributed by atoms with Gasteiger partial charge in [-0.05, 0) is 166 Å². The van der Waals surface area contributed by atoms with E-state index in [-0.39, 0.29) is 95.2 Å². The Balaban J connectivity index is 0.000000255. The molecule has 0 spiro atoms. The molecule has 0 radical (unpaired) electrons. The Morgan fingerprint density at radius 3 is 1.25 bits per heavy atom. The second kappa shape index (κ2) is 32.6. The van der Waals surface area contributed by atoms with Crippen LogP contribution in [0, 0.1) is 58.2 Å². The number of pyridine rings is 2. The molecular weight excluding hydrogens is 1540 g/mol. The van der Waals surface area contributed by atoms with Crippen LogP contribution in [0.15, 0.2) is 85.2 Å². The van der Waals surface area contributed by atoms with Crippen LogP contribution in [0.4, 0.5) is 26.3 Å². The molecule has 24 nitrogen and oxygen atoms in total. The average Bonchev–Trinajstić information content (AvgIpc) is 1.26. The van der Waals surface area contributed by atoms with E-state index in [9.17, 15) is 71.9 Å². The first kappa shape index (κ1) is 64.7.